The minimum Gasteiger partial charge on any atom is -0.459 e. The van der Waals surface area contributed by atoms with Crippen molar-refractivity contribution in [1.29, 1.82) is 0 Å². The number of amides is 1. The molecule has 5 nitrogen and oxygen atoms in total. The highest BCUT2D eigenvalue weighted by Gasteiger charge is 2.08. The lowest BCUT2D eigenvalue weighted by Crippen LogP contribution is -2.30. The maximum absolute atomic E-state index is 12.2. The Labute approximate surface area is 137 Å². The van der Waals surface area contributed by atoms with Crippen LogP contribution in [0.2, 0.25) is 0 Å². The number of carbonyl (C=O) groups is 1. The quantitative estimate of drug-likeness (QED) is 0.732. The standard InChI is InChI=1S/C17H16N2O3S/c1-23-14-4-2-3-13(11-14)16(20)18-7-9-19-8-5-12-6-10-22-15(12)17(19)21/h2-6,8,10-11H,7,9H2,1H3,(H,18,20). The van der Waals surface area contributed by atoms with Crippen LogP contribution in [0.1, 0.15) is 10.4 Å². The number of furan rings is 1. The molecule has 0 aliphatic rings. The van der Waals surface area contributed by atoms with Crippen LogP contribution in [0.4, 0.5) is 0 Å². The number of nitrogens with zero attached hydrogens (tertiary/aromatic N) is 1. The molecule has 0 aliphatic heterocycles. The average Bonchev–Trinajstić information content (AvgIpc) is 3.06. The van der Waals surface area contributed by atoms with Crippen molar-refractivity contribution in [3.05, 3.63) is 64.8 Å². The number of hydrogen-bond donors (Lipinski definition) is 1. The SMILES string of the molecule is CSc1cccc(C(=O)NCCn2ccc3ccoc3c2=O)c1. The van der Waals surface area contributed by atoms with Crippen LogP contribution >= 0.6 is 11.8 Å². The molecular formula is C17H16N2O3S. The third-order valence-corrected chi connectivity index (χ3v) is 4.28. The fourth-order valence-corrected chi connectivity index (χ4v) is 2.78. The maximum Gasteiger partial charge on any atom is 0.294 e. The van der Waals surface area contributed by atoms with Gasteiger partial charge in [0.2, 0.25) is 0 Å². The van der Waals surface area contributed by atoms with Gasteiger partial charge in [0.25, 0.3) is 11.5 Å². The summed E-state index contributed by atoms with van der Waals surface area (Å²) in [6.45, 7) is 0.762. The molecule has 0 atom stereocenters. The van der Waals surface area contributed by atoms with E-state index >= 15 is 0 Å². The number of nitrogens with one attached hydrogen (secondary N) is 1. The van der Waals surface area contributed by atoms with Gasteiger partial charge in [0, 0.05) is 35.1 Å². The van der Waals surface area contributed by atoms with E-state index in [0.717, 1.165) is 10.3 Å². The molecule has 1 aromatic carbocycles. The molecule has 118 valence electrons. The van der Waals surface area contributed by atoms with Crippen molar-refractivity contribution in [2.24, 2.45) is 0 Å². The largest absolute Gasteiger partial charge is 0.459 e. The molecule has 1 amide bonds. The molecule has 1 N–H and O–H groups in total. The van der Waals surface area contributed by atoms with E-state index in [1.54, 1.807) is 30.1 Å². The summed E-state index contributed by atoms with van der Waals surface area (Å²) in [4.78, 5) is 25.3. The molecule has 3 rings (SSSR count). The zero-order chi connectivity index (χ0) is 16.2. The van der Waals surface area contributed by atoms with Gasteiger partial charge in [-0.25, -0.2) is 0 Å². The van der Waals surface area contributed by atoms with Gasteiger partial charge in [-0.1, -0.05) is 6.07 Å². The van der Waals surface area contributed by atoms with Crippen LogP contribution in [-0.2, 0) is 6.54 Å². The van der Waals surface area contributed by atoms with E-state index in [0.29, 0.717) is 24.2 Å². The van der Waals surface area contributed by atoms with Gasteiger partial charge < -0.3 is 14.3 Å². The Morgan fingerprint density at radius 2 is 2.17 bits per heavy atom. The van der Waals surface area contributed by atoms with Gasteiger partial charge in [0.15, 0.2) is 5.58 Å². The summed E-state index contributed by atoms with van der Waals surface area (Å²) < 4.78 is 6.72. The van der Waals surface area contributed by atoms with Crippen molar-refractivity contribution < 1.29 is 9.21 Å². The third-order valence-electron chi connectivity index (χ3n) is 3.56. The van der Waals surface area contributed by atoms with Crippen LogP contribution < -0.4 is 10.9 Å². The first-order valence-corrected chi connectivity index (χ1v) is 8.40. The molecule has 0 bridgehead atoms. The monoisotopic (exact) mass is 328 g/mol. The van der Waals surface area contributed by atoms with Crippen molar-refractivity contribution in [2.75, 3.05) is 12.8 Å². The Hall–Kier alpha value is -2.47. The fraction of sp³-hybridized carbons (Fsp3) is 0.176. The summed E-state index contributed by atoms with van der Waals surface area (Å²) in [6.07, 6.45) is 5.17. The molecule has 0 fully saturated rings. The molecule has 2 aromatic heterocycles. The van der Waals surface area contributed by atoms with Gasteiger partial charge in [-0.05, 0) is 36.6 Å². The van der Waals surface area contributed by atoms with Crippen LogP contribution in [0.25, 0.3) is 11.0 Å². The zero-order valence-electron chi connectivity index (χ0n) is 12.6. The lowest BCUT2D eigenvalue weighted by molar-refractivity contribution is 0.0952. The van der Waals surface area contributed by atoms with Crippen molar-refractivity contribution in [2.45, 2.75) is 11.4 Å². The van der Waals surface area contributed by atoms with Crippen LogP contribution in [0.15, 0.2) is 63.0 Å². The van der Waals surface area contributed by atoms with Gasteiger partial charge in [-0.15, -0.1) is 11.8 Å². The van der Waals surface area contributed by atoms with E-state index in [-0.39, 0.29) is 11.5 Å². The van der Waals surface area contributed by atoms with Crippen LogP contribution in [0.3, 0.4) is 0 Å². The van der Waals surface area contributed by atoms with Crippen LogP contribution in [-0.4, -0.2) is 23.3 Å². The molecule has 2 heterocycles. The van der Waals surface area contributed by atoms with Crippen molar-refractivity contribution >= 4 is 28.6 Å². The van der Waals surface area contributed by atoms with E-state index in [2.05, 4.69) is 5.32 Å². The molecular weight excluding hydrogens is 312 g/mol. The number of benzene rings is 1. The Morgan fingerprint density at radius 1 is 1.30 bits per heavy atom. The molecule has 0 radical (unpaired) electrons. The van der Waals surface area contributed by atoms with E-state index in [1.807, 2.05) is 30.5 Å². The van der Waals surface area contributed by atoms with Crippen molar-refractivity contribution in [1.82, 2.24) is 9.88 Å². The number of hydrogen-bond acceptors (Lipinski definition) is 4. The van der Waals surface area contributed by atoms with E-state index < -0.39 is 0 Å². The van der Waals surface area contributed by atoms with E-state index in [9.17, 15) is 9.59 Å². The number of carbonyl (C=O) groups excluding carboxylic acids is 1. The molecule has 3 aromatic rings. The molecule has 0 saturated heterocycles. The minimum atomic E-state index is -0.189. The van der Waals surface area contributed by atoms with Crippen molar-refractivity contribution in [3.8, 4) is 0 Å². The molecule has 0 aliphatic carbocycles. The maximum atomic E-state index is 12.2. The number of rotatable bonds is 5. The van der Waals surface area contributed by atoms with Gasteiger partial charge in [-0.3, -0.25) is 9.59 Å². The Kier molecular flexibility index (Phi) is 4.52. The van der Waals surface area contributed by atoms with Gasteiger partial charge >= 0.3 is 0 Å². The van der Waals surface area contributed by atoms with Crippen LogP contribution in [0, 0.1) is 0 Å². The highest BCUT2D eigenvalue weighted by molar-refractivity contribution is 7.98. The second kappa shape index (κ2) is 6.75. The average molecular weight is 328 g/mol. The number of aromatic nitrogens is 1. The summed E-state index contributed by atoms with van der Waals surface area (Å²) in [5.74, 6) is -0.145. The first kappa shape index (κ1) is 15.4. The third kappa shape index (κ3) is 3.32. The summed E-state index contributed by atoms with van der Waals surface area (Å²) in [5.41, 5.74) is 0.767. The fourth-order valence-electron chi connectivity index (χ4n) is 2.32. The van der Waals surface area contributed by atoms with Gasteiger partial charge in [0.05, 0.1) is 6.26 Å². The summed E-state index contributed by atoms with van der Waals surface area (Å²) in [7, 11) is 0. The van der Waals surface area contributed by atoms with Crippen LogP contribution in [0.5, 0.6) is 0 Å². The highest BCUT2D eigenvalue weighted by atomic mass is 32.2. The molecule has 0 saturated carbocycles. The second-order valence-corrected chi connectivity index (χ2v) is 5.89. The predicted octanol–water partition coefficient (Wildman–Crippen LogP) is 2.75. The predicted molar refractivity (Wildman–Crippen MR) is 91.0 cm³/mol. The summed E-state index contributed by atoms with van der Waals surface area (Å²) >= 11 is 1.59. The first-order chi connectivity index (χ1) is 11.2. The molecule has 23 heavy (non-hydrogen) atoms. The van der Waals surface area contributed by atoms with Gasteiger partial charge in [-0.2, -0.15) is 0 Å². The molecule has 6 heteroatoms. The molecule has 0 spiro atoms. The Morgan fingerprint density at radius 3 is 3.00 bits per heavy atom. The van der Waals surface area contributed by atoms with Gasteiger partial charge in [0.1, 0.15) is 0 Å². The zero-order valence-corrected chi connectivity index (χ0v) is 13.4. The first-order valence-electron chi connectivity index (χ1n) is 7.18. The Balaban J connectivity index is 1.65. The number of pyridine rings is 1. The lowest BCUT2D eigenvalue weighted by atomic mass is 10.2. The van der Waals surface area contributed by atoms with E-state index in [1.165, 1.54) is 10.8 Å². The number of fused-ring (bicyclic) bond motifs is 1. The Bertz CT molecular complexity index is 898. The highest BCUT2D eigenvalue weighted by Crippen LogP contribution is 2.15. The molecule has 0 unspecified atom stereocenters. The summed E-state index contributed by atoms with van der Waals surface area (Å²) in [6, 6.07) is 11.0. The normalized spacial score (nSPS) is 10.8. The van der Waals surface area contributed by atoms with Crippen molar-refractivity contribution in [3.63, 3.8) is 0 Å². The summed E-state index contributed by atoms with van der Waals surface area (Å²) in [5, 5.41) is 3.61. The lowest BCUT2D eigenvalue weighted by Gasteiger charge is -2.08. The van der Waals surface area contributed by atoms with E-state index in [4.69, 9.17) is 4.42 Å². The second-order valence-electron chi connectivity index (χ2n) is 5.01. The minimum absolute atomic E-state index is 0.145. The number of thioether (sulfide) groups is 1. The topological polar surface area (TPSA) is 64.2 Å². The smallest absolute Gasteiger partial charge is 0.294 e.